The molecule has 1 rings (SSSR count). The second kappa shape index (κ2) is 6.75. The summed E-state index contributed by atoms with van der Waals surface area (Å²) >= 11 is 0. The van der Waals surface area contributed by atoms with E-state index >= 15 is 0 Å². The van der Waals surface area contributed by atoms with Crippen molar-refractivity contribution in [3.05, 3.63) is 12.5 Å². The number of carbonyl (C=O) groups excluding carboxylic acids is 2. The minimum absolute atomic E-state index is 0.282. The van der Waals surface area contributed by atoms with E-state index < -0.39 is 12.1 Å². The van der Waals surface area contributed by atoms with E-state index in [2.05, 4.69) is 20.6 Å². The minimum atomic E-state index is -0.635. The molecule has 1 aromatic heterocycles. The summed E-state index contributed by atoms with van der Waals surface area (Å²) in [4.78, 5) is 30.0. The Morgan fingerprint density at radius 1 is 1.50 bits per heavy atom. The highest BCUT2D eigenvalue weighted by molar-refractivity contribution is 5.97. The van der Waals surface area contributed by atoms with Crippen LogP contribution in [-0.2, 0) is 9.59 Å². The number of rotatable bonds is 6. The molecular weight excluding hydrogens is 234 g/mol. The molecule has 0 fully saturated rings. The zero-order valence-electron chi connectivity index (χ0n) is 10.6. The van der Waals surface area contributed by atoms with E-state index in [0.717, 1.165) is 6.42 Å². The molecule has 2 unspecified atom stereocenters. The second-order valence-electron chi connectivity index (χ2n) is 4.09. The van der Waals surface area contributed by atoms with Gasteiger partial charge in [0.2, 0.25) is 11.8 Å². The van der Waals surface area contributed by atoms with Gasteiger partial charge in [-0.15, -0.1) is 0 Å². The lowest BCUT2D eigenvalue weighted by Gasteiger charge is -2.18. The maximum Gasteiger partial charge on any atom is 0.248 e. The SMILES string of the molecule is CCCC(NC(=O)C(C)N)C(=O)Nc1cnc[nH]1. The first-order chi connectivity index (χ1) is 8.54. The third kappa shape index (κ3) is 4.17. The van der Waals surface area contributed by atoms with Gasteiger partial charge < -0.3 is 21.4 Å². The molecule has 7 nitrogen and oxygen atoms in total. The van der Waals surface area contributed by atoms with Crippen molar-refractivity contribution in [2.45, 2.75) is 38.8 Å². The Morgan fingerprint density at radius 2 is 2.22 bits per heavy atom. The highest BCUT2D eigenvalue weighted by Gasteiger charge is 2.21. The van der Waals surface area contributed by atoms with E-state index in [0.29, 0.717) is 12.2 Å². The van der Waals surface area contributed by atoms with Crippen LogP contribution in [0.1, 0.15) is 26.7 Å². The van der Waals surface area contributed by atoms with Gasteiger partial charge in [-0.25, -0.2) is 4.98 Å². The fraction of sp³-hybridized carbons (Fsp3) is 0.545. The van der Waals surface area contributed by atoms with E-state index in [-0.39, 0.29) is 11.8 Å². The van der Waals surface area contributed by atoms with Gasteiger partial charge in [-0.05, 0) is 13.3 Å². The standard InChI is InChI=1S/C11H19N5O2/c1-3-4-8(15-10(17)7(2)12)11(18)16-9-5-13-6-14-9/h5-8H,3-4,12H2,1-2H3,(H,13,14)(H,15,17)(H,16,18). The van der Waals surface area contributed by atoms with Crippen LogP contribution in [0.15, 0.2) is 12.5 Å². The van der Waals surface area contributed by atoms with Gasteiger partial charge in [-0.1, -0.05) is 13.3 Å². The maximum absolute atomic E-state index is 11.9. The van der Waals surface area contributed by atoms with E-state index in [1.54, 1.807) is 6.92 Å². The van der Waals surface area contributed by atoms with Gasteiger partial charge in [0.15, 0.2) is 0 Å². The van der Waals surface area contributed by atoms with Crippen LogP contribution in [0.4, 0.5) is 5.82 Å². The molecule has 1 aromatic rings. The first-order valence-corrected chi connectivity index (χ1v) is 5.89. The number of nitrogens with zero attached hydrogens (tertiary/aromatic N) is 1. The summed E-state index contributed by atoms with van der Waals surface area (Å²) in [5.41, 5.74) is 5.46. The number of hydrogen-bond donors (Lipinski definition) is 4. The van der Waals surface area contributed by atoms with Crippen LogP contribution in [-0.4, -0.2) is 33.9 Å². The van der Waals surface area contributed by atoms with Crippen LogP contribution in [0, 0.1) is 0 Å². The third-order valence-electron chi connectivity index (χ3n) is 2.38. The summed E-state index contributed by atoms with van der Waals surface area (Å²) in [7, 11) is 0. The molecule has 2 amide bonds. The molecule has 7 heteroatoms. The van der Waals surface area contributed by atoms with Crippen LogP contribution in [0.3, 0.4) is 0 Å². The number of aromatic amines is 1. The third-order valence-corrected chi connectivity index (χ3v) is 2.38. The van der Waals surface area contributed by atoms with E-state index in [1.165, 1.54) is 12.5 Å². The highest BCUT2D eigenvalue weighted by Crippen LogP contribution is 2.03. The van der Waals surface area contributed by atoms with Crippen molar-refractivity contribution in [1.82, 2.24) is 15.3 Å². The molecule has 0 spiro atoms. The lowest BCUT2D eigenvalue weighted by atomic mass is 10.1. The van der Waals surface area contributed by atoms with Gasteiger partial charge in [0.25, 0.3) is 0 Å². The molecule has 100 valence electrons. The summed E-state index contributed by atoms with van der Waals surface area (Å²) in [6.07, 6.45) is 4.29. The van der Waals surface area contributed by atoms with Crippen molar-refractivity contribution in [3.63, 3.8) is 0 Å². The molecule has 0 saturated heterocycles. The quantitative estimate of drug-likeness (QED) is 0.570. The number of hydrogen-bond acceptors (Lipinski definition) is 4. The number of carbonyl (C=O) groups is 2. The van der Waals surface area contributed by atoms with Crippen LogP contribution in [0.25, 0.3) is 0 Å². The van der Waals surface area contributed by atoms with Crippen molar-refractivity contribution in [2.75, 3.05) is 5.32 Å². The Kier molecular flexibility index (Phi) is 5.31. The number of imidazole rings is 1. The Bertz CT molecular complexity index is 388. The fourth-order valence-electron chi connectivity index (χ4n) is 1.40. The van der Waals surface area contributed by atoms with Gasteiger partial charge in [-0.3, -0.25) is 9.59 Å². The zero-order valence-corrected chi connectivity index (χ0v) is 10.6. The lowest BCUT2D eigenvalue weighted by molar-refractivity contribution is -0.127. The summed E-state index contributed by atoms with van der Waals surface area (Å²) in [5, 5.41) is 5.26. The molecule has 0 aliphatic heterocycles. The predicted octanol–water partition coefficient (Wildman–Crippen LogP) is -0.0197. The van der Waals surface area contributed by atoms with Gasteiger partial charge in [0, 0.05) is 0 Å². The molecule has 1 heterocycles. The molecule has 0 radical (unpaired) electrons. The molecule has 18 heavy (non-hydrogen) atoms. The van der Waals surface area contributed by atoms with Crippen molar-refractivity contribution >= 4 is 17.6 Å². The van der Waals surface area contributed by atoms with Crippen LogP contribution in [0.5, 0.6) is 0 Å². The first-order valence-electron chi connectivity index (χ1n) is 5.89. The maximum atomic E-state index is 11.9. The van der Waals surface area contributed by atoms with Crippen molar-refractivity contribution in [2.24, 2.45) is 5.73 Å². The zero-order chi connectivity index (χ0) is 13.5. The number of anilines is 1. The molecule has 5 N–H and O–H groups in total. The normalized spacial score (nSPS) is 13.7. The van der Waals surface area contributed by atoms with Crippen LogP contribution in [0.2, 0.25) is 0 Å². The lowest BCUT2D eigenvalue weighted by Crippen LogP contribution is -2.49. The first kappa shape index (κ1) is 14.2. The Balaban J connectivity index is 2.60. The Morgan fingerprint density at radius 3 is 2.72 bits per heavy atom. The smallest absolute Gasteiger partial charge is 0.248 e. The van der Waals surface area contributed by atoms with Crippen LogP contribution < -0.4 is 16.4 Å². The van der Waals surface area contributed by atoms with Crippen LogP contribution >= 0.6 is 0 Å². The average molecular weight is 253 g/mol. The molecular formula is C11H19N5O2. The number of aromatic nitrogens is 2. The highest BCUT2D eigenvalue weighted by atomic mass is 16.2. The molecule has 0 aromatic carbocycles. The van der Waals surface area contributed by atoms with Crippen molar-refractivity contribution in [3.8, 4) is 0 Å². The van der Waals surface area contributed by atoms with Gasteiger partial charge in [-0.2, -0.15) is 0 Å². The largest absolute Gasteiger partial charge is 0.343 e. The van der Waals surface area contributed by atoms with Crippen molar-refractivity contribution < 1.29 is 9.59 Å². The van der Waals surface area contributed by atoms with Gasteiger partial charge >= 0.3 is 0 Å². The molecule has 2 atom stereocenters. The number of nitrogens with two attached hydrogens (primary N) is 1. The van der Waals surface area contributed by atoms with Gasteiger partial charge in [0.1, 0.15) is 11.9 Å². The Labute approximate surface area is 106 Å². The summed E-state index contributed by atoms with van der Waals surface area (Å²) in [6, 6.07) is -1.22. The van der Waals surface area contributed by atoms with E-state index in [4.69, 9.17) is 5.73 Å². The van der Waals surface area contributed by atoms with E-state index in [9.17, 15) is 9.59 Å². The summed E-state index contributed by atoms with van der Waals surface area (Å²) in [6.45, 7) is 3.51. The van der Waals surface area contributed by atoms with Crippen molar-refractivity contribution in [1.29, 1.82) is 0 Å². The second-order valence-corrected chi connectivity index (χ2v) is 4.09. The molecule has 0 bridgehead atoms. The topological polar surface area (TPSA) is 113 Å². The Hall–Kier alpha value is -1.89. The van der Waals surface area contributed by atoms with E-state index in [1.807, 2.05) is 6.92 Å². The minimum Gasteiger partial charge on any atom is -0.343 e. The monoisotopic (exact) mass is 253 g/mol. The molecule has 0 aliphatic carbocycles. The molecule has 0 saturated carbocycles. The summed E-state index contributed by atoms with van der Waals surface area (Å²) in [5.74, 6) is -0.126. The molecule has 0 aliphatic rings. The van der Waals surface area contributed by atoms with Gasteiger partial charge in [0.05, 0.1) is 18.6 Å². The number of amides is 2. The predicted molar refractivity (Wildman–Crippen MR) is 67.7 cm³/mol. The number of nitrogens with one attached hydrogen (secondary N) is 3. The average Bonchev–Trinajstić information content (AvgIpc) is 2.80. The summed E-state index contributed by atoms with van der Waals surface area (Å²) < 4.78 is 0. The number of H-pyrrole nitrogens is 1. The fourth-order valence-corrected chi connectivity index (χ4v) is 1.40.